The molecule has 0 spiro atoms. The van der Waals surface area contributed by atoms with E-state index in [0.717, 1.165) is 0 Å². The molecule has 4 atom stereocenters. The third-order valence-electron chi connectivity index (χ3n) is 5.39. The zero-order valence-corrected chi connectivity index (χ0v) is 14.1. The highest BCUT2D eigenvalue weighted by Gasteiger charge is 2.78. The Hall–Kier alpha value is -2.88. The van der Waals surface area contributed by atoms with Crippen molar-refractivity contribution in [2.24, 2.45) is 16.7 Å². The van der Waals surface area contributed by atoms with Crippen LogP contribution in [0.5, 0.6) is 0 Å². The highest BCUT2D eigenvalue weighted by molar-refractivity contribution is 5.88. The summed E-state index contributed by atoms with van der Waals surface area (Å²) >= 11 is 0. The number of ether oxygens (including phenoxy) is 2. The predicted octanol–water partition coefficient (Wildman–Crippen LogP) is 3.44. The standard InChI is InChI=1S/C19H18N4O2/c1-3-7-14-17(2)24-15(13-8-5-4-6-9-13)19(12-22,16(23)25-17)18(14,10-20)11-21/h4-6,8-9,14-15,23H,3,7H2,1-2H3/t14-,15-,17-,19-/m1/s1. The SMILES string of the molecule is CCC[C@H]1C(C#N)(C#N)[C@@]2(C#N)C(=N)O[C@@]1(C)O[C@@H]2c1ccccc1. The monoisotopic (exact) mass is 334 g/mol. The zero-order chi connectivity index (χ0) is 18.3. The van der Waals surface area contributed by atoms with Crippen LogP contribution in [0.25, 0.3) is 0 Å². The summed E-state index contributed by atoms with van der Waals surface area (Å²) in [6, 6.07) is 15.2. The molecule has 0 unspecified atom stereocenters. The van der Waals surface area contributed by atoms with Gasteiger partial charge in [0.15, 0.2) is 10.8 Å². The average molecular weight is 334 g/mol. The van der Waals surface area contributed by atoms with Crippen molar-refractivity contribution in [1.29, 1.82) is 21.2 Å². The highest BCUT2D eigenvalue weighted by atomic mass is 16.7. The van der Waals surface area contributed by atoms with Crippen molar-refractivity contribution in [3.63, 3.8) is 0 Å². The minimum atomic E-state index is -1.81. The molecule has 0 radical (unpaired) electrons. The van der Waals surface area contributed by atoms with E-state index in [1.165, 1.54) is 0 Å². The largest absolute Gasteiger partial charge is 0.448 e. The third kappa shape index (κ3) is 1.88. The second-order valence-corrected chi connectivity index (χ2v) is 6.65. The molecule has 1 aromatic rings. The molecule has 0 aliphatic carbocycles. The normalized spacial score (nSPS) is 35.1. The Morgan fingerprint density at radius 2 is 1.76 bits per heavy atom. The second kappa shape index (κ2) is 5.59. The fourth-order valence-electron chi connectivity index (χ4n) is 4.22. The molecular weight excluding hydrogens is 316 g/mol. The van der Waals surface area contributed by atoms with Gasteiger partial charge in [0.25, 0.3) is 0 Å². The molecule has 2 bridgehead atoms. The number of hydrogen-bond donors (Lipinski definition) is 1. The van der Waals surface area contributed by atoms with Crippen molar-refractivity contribution in [1.82, 2.24) is 0 Å². The Labute approximate surface area is 146 Å². The van der Waals surface area contributed by atoms with Gasteiger partial charge in [-0.3, -0.25) is 5.41 Å². The summed E-state index contributed by atoms with van der Waals surface area (Å²) in [4.78, 5) is 0. The molecule has 4 rings (SSSR count). The van der Waals surface area contributed by atoms with Crippen molar-refractivity contribution in [2.45, 2.75) is 38.6 Å². The summed E-state index contributed by atoms with van der Waals surface area (Å²) in [5.74, 6) is -2.31. The summed E-state index contributed by atoms with van der Waals surface area (Å²) in [6.07, 6.45) is 0.260. The van der Waals surface area contributed by atoms with Crippen LogP contribution in [-0.4, -0.2) is 11.7 Å². The minimum absolute atomic E-state index is 0.368. The fourth-order valence-corrected chi connectivity index (χ4v) is 4.22. The quantitative estimate of drug-likeness (QED) is 0.909. The molecule has 126 valence electrons. The van der Waals surface area contributed by atoms with Gasteiger partial charge in [-0.2, -0.15) is 15.8 Å². The van der Waals surface area contributed by atoms with E-state index in [1.807, 2.05) is 13.0 Å². The van der Waals surface area contributed by atoms with Crippen LogP contribution in [-0.2, 0) is 9.47 Å². The molecule has 3 aliphatic heterocycles. The van der Waals surface area contributed by atoms with Crippen LogP contribution in [0.4, 0.5) is 0 Å². The lowest BCUT2D eigenvalue weighted by atomic mass is 9.50. The molecule has 0 saturated carbocycles. The molecule has 1 N–H and O–H groups in total. The van der Waals surface area contributed by atoms with Crippen LogP contribution < -0.4 is 0 Å². The van der Waals surface area contributed by atoms with E-state index in [0.29, 0.717) is 18.4 Å². The van der Waals surface area contributed by atoms with Gasteiger partial charge in [-0.1, -0.05) is 43.7 Å². The molecule has 25 heavy (non-hydrogen) atoms. The molecule has 0 aromatic heterocycles. The van der Waals surface area contributed by atoms with E-state index in [-0.39, 0.29) is 5.90 Å². The Balaban J connectivity index is 2.33. The number of hydrogen-bond acceptors (Lipinski definition) is 6. The number of nitriles is 3. The molecule has 0 amide bonds. The molecule has 3 fully saturated rings. The van der Waals surface area contributed by atoms with Gasteiger partial charge in [-0.15, -0.1) is 0 Å². The van der Waals surface area contributed by atoms with E-state index in [9.17, 15) is 15.8 Å². The minimum Gasteiger partial charge on any atom is -0.448 e. The summed E-state index contributed by atoms with van der Waals surface area (Å²) < 4.78 is 11.8. The summed E-state index contributed by atoms with van der Waals surface area (Å²) in [7, 11) is 0. The van der Waals surface area contributed by atoms with Crippen molar-refractivity contribution in [2.75, 3.05) is 0 Å². The van der Waals surface area contributed by atoms with Crippen LogP contribution in [0.1, 0.15) is 38.4 Å². The zero-order valence-electron chi connectivity index (χ0n) is 14.1. The van der Waals surface area contributed by atoms with Crippen LogP contribution in [0.15, 0.2) is 30.3 Å². The van der Waals surface area contributed by atoms with Gasteiger partial charge in [0.2, 0.25) is 11.7 Å². The molecule has 1 aromatic carbocycles. The smallest absolute Gasteiger partial charge is 0.215 e. The maximum Gasteiger partial charge on any atom is 0.215 e. The maximum atomic E-state index is 10.1. The number of nitrogens with zero attached hydrogens (tertiary/aromatic N) is 3. The first-order valence-electron chi connectivity index (χ1n) is 8.20. The van der Waals surface area contributed by atoms with Gasteiger partial charge in [0.05, 0.1) is 24.1 Å². The molecule has 6 heteroatoms. The first-order chi connectivity index (χ1) is 12.0. The number of fused-ring (bicyclic) bond motifs is 3. The van der Waals surface area contributed by atoms with Crippen LogP contribution in [0, 0.1) is 56.2 Å². The molecule has 3 heterocycles. The average Bonchev–Trinajstić information content (AvgIpc) is 2.63. The van der Waals surface area contributed by atoms with E-state index < -0.39 is 28.6 Å². The Kier molecular flexibility index (Phi) is 3.79. The molecule has 3 saturated heterocycles. The first-order valence-corrected chi connectivity index (χ1v) is 8.20. The van der Waals surface area contributed by atoms with E-state index in [2.05, 4.69) is 18.2 Å². The van der Waals surface area contributed by atoms with Crippen molar-refractivity contribution in [3.05, 3.63) is 35.9 Å². The Morgan fingerprint density at radius 3 is 2.28 bits per heavy atom. The predicted molar refractivity (Wildman–Crippen MR) is 87.6 cm³/mol. The number of rotatable bonds is 3. The van der Waals surface area contributed by atoms with Gasteiger partial charge in [-0.25, -0.2) is 0 Å². The van der Waals surface area contributed by atoms with Crippen LogP contribution in [0.3, 0.4) is 0 Å². The lowest BCUT2D eigenvalue weighted by Crippen LogP contribution is -2.71. The van der Waals surface area contributed by atoms with E-state index in [4.69, 9.17) is 14.9 Å². The van der Waals surface area contributed by atoms with Gasteiger partial charge < -0.3 is 9.47 Å². The molecule has 3 aliphatic rings. The summed E-state index contributed by atoms with van der Waals surface area (Å²) in [6.45, 7) is 3.59. The lowest BCUT2D eigenvalue weighted by molar-refractivity contribution is -0.343. The van der Waals surface area contributed by atoms with Gasteiger partial charge in [0.1, 0.15) is 6.10 Å². The van der Waals surface area contributed by atoms with Crippen LogP contribution in [0.2, 0.25) is 0 Å². The van der Waals surface area contributed by atoms with Gasteiger partial charge in [-0.05, 0) is 12.0 Å². The van der Waals surface area contributed by atoms with E-state index in [1.54, 1.807) is 31.2 Å². The number of benzene rings is 1. The van der Waals surface area contributed by atoms with Crippen molar-refractivity contribution in [3.8, 4) is 18.2 Å². The summed E-state index contributed by atoms with van der Waals surface area (Å²) in [5, 5.41) is 38.5. The summed E-state index contributed by atoms with van der Waals surface area (Å²) in [5.41, 5.74) is -2.89. The van der Waals surface area contributed by atoms with Crippen LogP contribution >= 0.6 is 0 Å². The van der Waals surface area contributed by atoms with E-state index >= 15 is 0 Å². The topological polar surface area (TPSA) is 114 Å². The Bertz CT molecular complexity index is 818. The number of nitrogens with one attached hydrogen (secondary N) is 1. The third-order valence-corrected chi connectivity index (χ3v) is 5.39. The first kappa shape index (κ1) is 17.0. The Morgan fingerprint density at radius 1 is 1.12 bits per heavy atom. The maximum absolute atomic E-state index is 10.1. The van der Waals surface area contributed by atoms with Gasteiger partial charge in [0, 0.05) is 6.92 Å². The van der Waals surface area contributed by atoms with Crippen molar-refractivity contribution < 1.29 is 9.47 Å². The fraction of sp³-hybridized carbons (Fsp3) is 0.474. The molecule has 6 nitrogen and oxygen atoms in total. The van der Waals surface area contributed by atoms with Gasteiger partial charge >= 0.3 is 0 Å². The molecular formula is C19H18N4O2. The lowest BCUT2D eigenvalue weighted by Gasteiger charge is -2.61. The highest BCUT2D eigenvalue weighted by Crippen LogP contribution is 2.67. The van der Waals surface area contributed by atoms with Crippen molar-refractivity contribution >= 4 is 5.90 Å². The second-order valence-electron chi connectivity index (χ2n) is 6.65.